The SMILES string of the molecule is Cc1cccc(C)c1NC(=O)c1cccc(N=C(N)CCl)c1. The number of rotatable bonds is 4. The molecule has 0 aliphatic carbocycles. The minimum absolute atomic E-state index is 0.152. The van der Waals surface area contributed by atoms with Crippen molar-refractivity contribution in [3.63, 3.8) is 0 Å². The lowest BCUT2D eigenvalue weighted by Crippen LogP contribution is -2.14. The number of amidine groups is 1. The van der Waals surface area contributed by atoms with Gasteiger partial charge in [0.1, 0.15) is 5.84 Å². The Morgan fingerprint density at radius 2 is 1.82 bits per heavy atom. The Kier molecular flexibility index (Phi) is 5.17. The van der Waals surface area contributed by atoms with Gasteiger partial charge in [0, 0.05) is 11.3 Å². The summed E-state index contributed by atoms with van der Waals surface area (Å²) in [6, 6.07) is 12.8. The average Bonchev–Trinajstić information content (AvgIpc) is 2.51. The fourth-order valence-electron chi connectivity index (χ4n) is 2.11. The maximum atomic E-state index is 12.4. The third-order valence-corrected chi connectivity index (χ3v) is 3.51. The first-order valence-corrected chi connectivity index (χ1v) is 7.41. The van der Waals surface area contributed by atoms with Gasteiger partial charge in [-0.25, -0.2) is 4.99 Å². The number of benzene rings is 2. The van der Waals surface area contributed by atoms with Crippen molar-refractivity contribution in [1.29, 1.82) is 0 Å². The third kappa shape index (κ3) is 3.86. The van der Waals surface area contributed by atoms with E-state index in [9.17, 15) is 4.79 Å². The predicted octanol–water partition coefficient (Wildman–Crippen LogP) is 3.78. The van der Waals surface area contributed by atoms with Crippen LogP contribution in [0.5, 0.6) is 0 Å². The number of aliphatic imine (C=N–C) groups is 1. The summed E-state index contributed by atoms with van der Waals surface area (Å²) in [6.45, 7) is 3.93. The first-order valence-electron chi connectivity index (χ1n) is 6.88. The molecule has 5 heteroatoms. The smallest absolute Gasteiger partial charge is 0.255 e. The molecule has 0 bridgehead atoms. The van der Waals surface area contributed by atoms with E-state index in [0.717, 1.165) is 16.8 Å². The summed E-state index contributed by atoms with van der Waals surface area (Å²) in [5, 5.41) is 2.94. The molecule has 0 saturated carbocycles. The van der Waals surface area contributed by atoms with Gasteiger partial charge >= 0.3 is 0 Å². The van der Waals surface area contributed by atoms with Crippen LogP contribution in [0.25, 0.3) is 0 Å². The lowest BCUT2D eigenvalue weighted by Gasteiger charge is -2.11. The van der Waals surface area contributed by atoms with Crippen LogP contribution in [-0.2, 0) is 0 Å². The number of halogens is 1. The van der Waals surface area contributed by atoms with Crippen molar-refractivity contribution in [1.82, 2.24) is 0 Å². The number of carbonyl (C=O) groups is 1. The summed E-state index contributed by atoms with van der Waals surface area (Å²) in [7, 11) is 0. The van der Waals surface area contributed by atoms with Gasteiger partial charge in [-0.15, -0.1) is 11.6 Å². The minimum atomic E-state index is -0.182. The third-order valence-electron chi connectivity index (χ3n) is 3.24. The van der Waals surface area contributed by atoms with Crippen molar-refractivity contribution in [3.05, 3.63) is 59.2 Å². The van der Waals surface area contributed by atoms with Crippen molar-refractivity contribution in [2.24, 2.45) is 10.7 Å². The van der Waals surface area contributed by atoms with Gasteiger partial charge in [0.15, 0.2) is 0 Å². The van der Waals surface area contributed by atoms with Gasteiger partial charge < -0.3 is 11.1 Å². The zero-order valence-corrected chi connectivity index (χ0v) is 13.3. The van der Waals surface area contributed by atoms with E-state index in [0.29, 0.717) is 17.1 Å². The van der Waals surface area contributed by atoms with Crippen LogP contribution in [0.2, 0.25) is 0 Å². The zero-order valence-electron chi connectivity index (χ0n) is 12.6. The molecule has 0 radical (unpaired) electrons. The van der Waals surface area contributed by atoms with E-state index in [-0.39, 0.29) is 11.8 Å². The van der Waals surface area contributed by atoms with Crippen LogP contribution in [0.15, 0.2) is 47.5 Å². The molecule has 0 fully saturated rings. The van der Waals surface area contributed by atoms with E-state index in [1.54, 1.807) is 24.3 Å². The maximum absolute atomic E-state index is 12.4. The molecule has 3 N–H and O–H groups in total. The monoisotopic (exact) mass is 315 g/mol. The average molecular weight is 316 g/mol. The lowest BCUT2D eigenvalue weighted by atomic mass is 10.1. The molecule has 2 aromatic carbocycles. The number of hydrogen-bond acceptors (Lipinski definition) is 2. The molecule has 0 unspecified atom stereocenters. The highest BCUT2D eigenvalue weighted by Crippen LogP contribution is 2.21. The van der Waals surface area contributed by atoms with Crippen molar-refractivity contribution in [2.75, 3.05) is 11.2 Å². The molecule has 0 atom stereocenters. The summed E-state index contributed by atoms with van der Waals surface area (Å²) >= 11 is 5.61. The van der Waals surface area contributed by atoms with Gasteiger partial charge in [0.25, 0.3) is 5.91 Å². The first-order chi connectivity index (χ1) is 10.5. The van der Waals surface area contributed by atoms with Crippen LogP contribution in [0, 0.1) is 13.8 Å². The molecule has 0 saturated heterocycles. The molecule has 0 aliphatic rings. The van der Waals surface area contributed by atoms with Gasteiger partial charge in [-0.2, -0.15) is 0 Å². The summed E-state index contributed by atoms with van der Waals surface area (Å²) < 4.78 is 0. The predicted molar refractivity (Wildman–Crippen MR) is 92.3 cm³/mol. The van der Waals surface area contributed by atoms with Crippen LogP contribution < -0.4 is 11.1 Å². The van der Waals surface area contributed by atoms with Crippen LogP contribution in [0.1, 0.15) is 21.5 Å². The second-order valence-corrected chi connectivity index (χ2v) is 5.28. The van der Waals surface area contributed by atoms with Crippen molar-refractivity contribution in [2.45, 2.75) is 13.8 Å². The number of nitrogens with zero attached hydrogens (tertiary/aromatic N) is 1. The van der Waals surface area contributed by atoms with E-state index >= 15 is 0 Å². The van der Waals surface area contributed by atoms with Crippen LogP contribution in [0.3, 0.4) is 0 Å². The van der Waals surface area contributed by atoms with Crippen LogP contribution >= 0.6 is 11.6 Å². The van der Waals surface area contributed by atoms with Gasteiger partial charge in [-0.3, -0.25) is 4.79 Å². The van der Waals surface area contributed by atoms with Gasteiger partial charge in [-0.05, 0) is 43.2 Å². The fourth-order valence-corrected chi connectivity index (χ4v) is 2.17. The van der Waals surface area contributed by atoms with E-state index in [4.69, 9.17) is 17.3 Å². The first kappa shape index (κ1) is 16.0. The normalized spacial score (nSPS) is 11.3. The number of aryl methyl sites for hydroxylation is 2. The van der Waals surface area contributed by atoms with E-state index in [1.165, 1.54) is 0 Å². The van der Waals surface area contributed by atoms with Crippen molar-refractivity contribution < 1.29 is 4.79 Å². The second kappa shape index (κ2) is 7.09. The Balaban J connectivity index is 2.25. The van der Waals surface area contributed by atoms with Gasteiger partial charge in [-0.1, -0.05) is 24.3 Å². The Bertz CT molecular complexity index is 705. The molecule has 2 aromatic rings. The number of amides is 1. The molecular formula is C17H18ClN3O. The Morgan fingerprint density at radius 3 is 2.45 bits per heavy atom. The quantitative estimate of drug-likeness (QED) is 0.512. The van der Waals surface area contributed by atoms with E-state index in [2.05, 4.69) is 10.3 Å². The Labute approximate surface area is 135 Å². The number of nitrogens with one attached hydrogen (secondary N) is 1. The number of alkyl halides is 1. The number of hydrogen-bond donors (Lipinski definition) is 2. The summed E-state index contributed by atoms with van der Waals surface area (Å²) in [5.74, 6) is 0.284. The maximum Gasteiger partial charge on any atom is 0.255 e. The zero-order chi connectivity index (χ0) is 16.1. The Hall–Kier alpha value is -2.33. The molecule has 2 rings (SSSR count). The van der Waals surface area contributed by atoms with Crippen molar-refractivity contribution in [3.8, 4) is 0 Å². The summed E-state index contributed by atoms with van der Waals surface area (Å²) in [5.41, 5.74) is 9.61. The largest absolute Gasteiger partial charge is 0.386 e. The minimum Gasteiger partial charge on any atom is -0.386 e. The van der Waals surface area contributed by atoms with Gasteiger partial charge in [0.05, 0.1) is 11.6 Å². The highest BCUT2D eigenvalue weighted by molar-refractivity contribution is 6.28. The topological polar surface area (TPSA) is 67.5 Å². The molecule has 0 heterocycles. The number of para-hydroxylation sites is 1. The second-order valence-electron chi connectivity index (χ2n) is 5.01. The molecule has 0 spiro atoms. The number of anilines is 1. The summed E-state index contributed by atoms with van der Waals surface area (Å²) in [4.78, 5) is 16.6. The molecular weight excluding hydrogens is 298 g/mol. The number of carbonyl (C=O) groups excluding carboxylic acids is 1. The number of nitrogens with two attached hydrogens (primary N) is 1. The van der Waals surface area contributed by atoms with E-state index < -0.39 is 0 Å². The molecule has 114 valence electrons. The molecule has 4 nitrogen and oxygen atoms in total. The molecule has 0 aliphatic heterocycles. The van der Waals surface area contributed by atoms with Crippen molar-refractivity contribution >= 4 is 34.7 Å². The highest BCUT2D eigenvalue weighted by atomic mass is 35.5. The van der Waals surface area contributed by atoms with E-state index in [1.807, 2.05) is 32.0 Å². The van der Waals surface area contributed by atoms with Crippen LogP contribution in [-0.4, -0.2) is 17.6 Å². The lowest BCUT2D eigenvalue weighted by molar-refractivity contribution is 0.102. The molecule has 1 amide bonds. The standard InChI is InChI=1S/C17H18ClN3O/c1-11-5-3-6-12(2)16(11)21-17(22)13-7-4-8-14(9-13)20-15(19)10-18/h3-9H,10H2,1-2H3,(H2,19,20)(H,21,22). The van der Waals surface area contributed by atoms with Gasteiger partial charge in [0.2, 0.25) is 0 Å². The van der Waals surface area contributed by atoms with Crippen LogP contribution in [0.4, 0.5) is 11.4 Å². The Morgan fingerprint density at radius 1 is 1.18 bits per heavy atom. The fraction of sp³-hybridized carbons (Fsp3) is 0.176. The summed E-state index contributed by atoms with van der Waals surface area (Å²) in [6.07, 6.45) is 0. The molecule has 22 heavy (non-hydrogen) atoms. The highest BCUT2D eigenvalue weighted by Gasteiger charge is 2.10. The molecule has 0 aromatic heterocycles.